The van der Waals surface area contributed by atoms with Gasteiger partial charge in [0.15, 0.2) is 0 Å². The standard InChI is InChI=1S/C36H45N5O3/c1-6-44-33-16-15-26(23-40(4)5)21-32(33)38-35(42)34(25(3)30-22-37-31-14-10-9-13-29(30)31)39-36(43)41-19-17-27(18-20-41)28-12-8-7-11-24(28)2/h7-16,21-22,25,27,34,37H,6,17-20,23H2,1-5H3,(H,38,42)(H,39,43). The van der Waals surface area contributed by atoms with E-state index in [1.165, 1.54) is 11.1 Å². The van der Waals surface area contributed by atoms with E-state index in [4.69, 9.17) is 4.74 Å². The van der Waals surface area contributed by atoms with Crippen LogP contribution in [0, 0.1) is 6.92 Å². The summed E-state index contributed by atoms with van der Waals surface area (Å²) in [5, 5.41) is 7.29. The Hall–Kier alpha value is -4.30. The fourth-order valence-electron chi connectivity index (χ4n) is 6.36. The van der Waals surface area contributed by atoms with Crippen LogP contribution in [0.1, 0.15) is 60.8 Å². The van der Waals surface area contributed by atoms with E-state index in [-0.39, 0.29) is 17.9 Å². The average molecular weight is 596 g/mol. The molecule has 3 aromatic carbocycles. The molecule has 1 aliphatic rings. The minimum absolute atomic E-state index is 0.216. The highest BCUT2D eigenvalue weighted by Crippen LogP contribution is 2.32. The average Bonchev–Trinajstić information content (AvgIpc) is 3.45. The van der Waals surface area contributed by atoms with Crippen LogP contribution in [0.25, 0.3) is 10.9 Å². The summed E-state index contributed by atoms with van der Waals surface area (Å²) in [4.78, 5) is 35.2. The lowest BCUT2D eigenvalue weighted by atomic mass is 9.87. The molecule has 1 aliphatic heterocycles. The van der Waals surface area contributed by atoms with Crippen LogP contribution in [0.2, 0.25) is 0 Å². The number of nitrogens with one attached hydrogen (secondary N) is 3. The van der Waals surface area contributed by atoms with Gasteiger partial charge in [0, 0.05) is 42.7 Å². The Kier molecular flexibility index (Phi) is 9.90. The van der Waals surface area contributed by atoms with Crippen molar-refractivity contribution >= 4 is 28.5 Å². The van der Waals surface area contributed by atoms with Crippen molar-refractivity contribution in [2.24, 2.45) is 0 Å². The second-order valence-electron chi connectivity index (χ2n) is 12.1. The van der Waals surface area contributed by atoms with E-state index in [0.29, 0.717) is 37.1 Å². The van der Waals surface area contributed by atoms with Gasteiger partial charge in [0.2, 0.25) is 5.91 Å². The SMILES string of the molecule is CCOc1ccc(CN(C)C)cc1NC(=O)C(NC(=O)N1CCC(c2ccccc2C)CC1)C(C)c1c[nH]c2ccccc12. The Labute approximate surface area is 260 Å². The van der Waals surface area contributed by atoms with Crippen molar-refractivity contribution in [2.75, 3.05) is 39.1 Å². The Morgan fingerprint density at radius 2 is 1.77 bits per heavy atom. The number of rotatable bonds is 10. The van der Waals surface area contributed by atoms with Crippen LogP contribution in [0.5, 0.6) is 5.75 Å². The molecule has 8 heteroatoms. The second kappa shape index (κ2) is 14.0. The number of fused-ring (bicyclic) bond motifs is 1. The predicted octanol–water partition coefficient (Wildman–Crippen LogP) is 6.64. The van der Waals surface area contributed by atoms with Crippen LogP contribution in [-0.2, 0) is 11.3 Å². The topological polar surface area (TPSA) is 89.7 Å². The number of para-hydroxylation sites is 1. The highest BCUT2D eigenvalue weighted by molar-refractivity contribution is 5.99. The lowest BCUT2D eigenvalue weighted by Gasteiger charge is -2.34. The lowest BCUT2D eigenvalue weighted by molar-refractivity contribution is -0.118. The molecule has 44 heavy (non-hydrogen) atoms. The monoisotopic (exact) mass is 595 g/mol. The summed E-state index contributed by atoms with van der Waals surface area (Å²) < 4.78 is 5.87. The summed E-state index contributed by atoms with van der Waals surface area (Å²) in [6, 6.07) is 21.4. The molecule has 2 heterocycles. The second-order valence-corrected chi connectivity index (χ2v) is 12.1. The van der Waals surface area contributed by atoms with Crippen LogP contribution in [0.3, 0.4) is 0 Å². The molecule has 1 aromatic heterocycles. The first kappa shape index (κ1) is 31.1. The summed E-state index contributed by atoms with van der Waals surface area (Å²) in [5.41, 5.74) is 6.27. The zero-order valence-corrected chi connectivity index (χ0v) is 26.5. The van der Waals surface area contributed by atoms with Gasteiger partial charge in [-0.05, 0) is 87.2 Å². The normalized spacial score (nSPS) is 15.3. The molecule has 0 saturated carbocycles. The molecule has 2 unspecified atom stereocenters. The molecular formula is C36H45N5O3. The molecule has 8 nitrogen and oxygen atoms in total. The molecule has 0 spiro atoms. The van der Waals surface area contributed by atoms with E-state index in [1.54, 1.807) is 0 Å². The zero-order valence-electron chi connectivity index (χ0n) is 26.5. The molecule has 3 N–H and O–H groups in total. The number of hydrogen-bond donors (Lipinski definition) is 3. The van der Waals surface area contributed by atoms with E-state index in [9.17, 15) is 9.59 Å². The number of H-pyrrole nitrogens is 1. The Morgan fingerprint density at radius 3 is 2.50 bits per heavy atom. The molecule has 0 aliphatic carbocycles. The number of amides is 3. The Morgan fingerprint density at radius 1 is 1.05 bits per heavy atom. The smallest absolute Gasteiger partial charge is 0.318 e. The van der Waals surface area contributed by atoms with E-state index in [1.807, 2.05) is 81.5 Å². The zero-order chi connectivity index (χ0) is 31.2. The van der Waals surface area contributed by atoms with E-state index < -0.39 is 6.04 Å². The molecule has 2 atom stereocenters. The van der Waals surface area contributed by atoms with Gasteiger partial charge in [-0.25, -0.2) is 4.79 Å². The summed E-state index contributed by atoms with van der Waals surface area (Å²) in [6.07, 6.45) is 3.73. The number of aromatic nitrogens is 1. The highest BCUT2D eigenvalue weighted by Gasteiger charge is 2.33. The van der Waals surface area contributed by atoms with Crippen molar-refractivity contribution < 1.29 is 14.3 Å². The third kappa shape index (κ3) is 7.08. The van der Waals surface area contributed by atoms with Gasteiger partial charge in [0.1, 0.15) is 11.8 Å². The molecule has 5 rings (SSSR count). The number of carbonyl (C=O) groups excluding carboxylic acids is 2. The van der Waals surface area contributed by atoms with Gasteiger partial charge in [0.25, 0.3) is 0 Å². The van der Waals surface area contributed by atoms with E-state index in [0.717, 1.165) is 41.4 Å². The first-order chi connectivity index (χ1) is 21.2. The maximum absolute atomic E-state index is 14.1. The molecule has 4 aromatic rings. The number of nitrogens with zero attached hydrogens (tertiary/aromatic N) is 2. The van der Waals surface area contributed by atoms with Crippen molar-refractivity contribution in [3.05, 3.63) is 95.2 Å². The third-order valence-electron chi connectivity index (χ3n) is 8.68. The van der Waals surface area contributed by atoms with Gasteiger partial charge in [-0.1, -0.05) is 55.5 Å². The summed E-state index contributed by atoms with van der Waals surface area (Å²) in [6.45, 7) is 8.54. The van der Waals surface area contributed by atoms with Gasteiger partial charge in [-0.2, -0.15) is 0 Å². The van der Waals surface area contributed by atoms with Gasteiger partial charge in [-0.3, -0.25) is 4.79 Å². The fraction of sp³-hybridized carbons (Fsp3) is 0.389. The molecule has 1 saturated heterocycles. The molecule has 3 amide bonds. The highest BCUT2D eigenvalue weighted by atomic mass is 16.5. The van der Waals surface area contributed by atoms with Crippen LogP contribution in [0.15, 0.2) is 72.9 Å². The summed E-state index contributed by atoms with van der Waals surface area (Å²) >= 11 is 0. The predicted molar refractivity (Wildman–Crippen MR) is 177 cm³/mol. The van der Waals surface area contributed by atoms with E-state index in [2.05, 4.69) is 51.7 Å². The summed E-state index contributed by atoms with van der Waals surface area (Å²) in [5.74, 6) is 0.441. The van der Waals surface area contributed by atoms with Crippen molar-refractivity contribution in [2.45, 2.75) is 58.0 Å². The molecule has 0 bridgehead atoms. The molecule has 0 radical (unpaired) electrons. The van der Waals surface area contributed by atoms with Crippen LogP contribution in [0.4, 0.5) is 10.5 Å². The first-order valence-corrected chi connectivity index (χ1v) is 15.6. The van der Waals surface area contributed by atoms with Crippen molar-refractivity contribution in [3.63, 3.8) is 0 Å². The number of anilines is 1. The molecular weight excluding hydrogens is 550 g/mol. The van der Waals surface area contributed by atoms with Gasteiger partial charge >= 0.3 is 6.03 Å². The quantitative estimate of drug-likeness (QED) is 0.192. The number of aryl methyl sites for hydroxylation is 1. The first-order valence-electron chi connectivity index (χ1n) is 15.6. The molecule has 1 fully saturated rings. The number of ether oxygens (including phenoxy) is 1. The number of likely N-dealkylation sites (tertiary alicyclic amines) is 1. The lowest BCUT2D eigenvalue weighted by Crippen LogP contribution is -2.53. The van der Waals surface area contributed by atoms with E-state index >= 15 is 0 Å². The Bertz CT molecular complexity index is 1590. The minimum atomic E-state index is -0.817. The van der Waals surface area contributed by atoms with Gasteiger partial charge in [-0.15, -0.1) is 0 Å². The van der Waals surface area contributed by atoms with Crippen LogP contribution < -0.4 is 15.4 Å². The third-order valence-corrected chi connectivity index (χ3v) is 8.68. The number of aromatic amines is 1. The van der Waals surface area contributed by atoms with Crippen LogP contribution >= 0.6 is 0 Å². The van der Waals surface area contributed by atoms with Crippen molar-refractivity contribution in [1.29, 1.82) is 0 Å². The number of piperidine rings is 1. The number of urea groups is 1. The maximum atomic E-state index is 14.1. The number of carbonyl (C=O) groups is 2. The van der Waals surface area contributed by atoms with Crippen LogP contribution in [-0.4, -0.2) is 66.6 Å². The molecule has 232 valence electrons. The number of hydrogen-bond acceptors (Lipinski definition) is 4. The fourth-order valence-corrected chi connectivity index (χ4v) is 6.36. The van der Waals surface area contributed by atoms with Crippen molar-refractivity contribution in [1.82, 2.24) is 20.1 Å². The maximum Gasteiger partial charge on any atom is 0.318 e. The Balaban J connectivity index is 1.38. The van der Waals surface area contributed by atoms with Gasteiger partial charge < -0.3 is 30.2 Å². The number of benzene rings is 3. The summed E-state index contributed by atoms with van der Waals surface area (Å²) in [7, 11) is 4.01. The minimum Gasteiger partial charge on any atom is -0.492 e. The van der Waals surface area contributed by atoms with Crippen molar-refractivity contribution in [3.8, 4) is 5.75 Å². The largest absolute Gasteiger partial charge is 0.492 e. The van der Waals surface area contributed by atoms with Gasteiger partial charge in [0.05, 0.1) is 12.3 Å².